The highest BCUT2D eigenvalue weighted by atomic mass is 15.3. The minimum atomic E-state index is -0.167. The minimum absolute atomic E-state index is 0.00608. The lowest BCUT2D eigenvalue weighted by Crippen LogP contribution is -2.57. The number of hydrogen-bond acceptors (Lipinski definition) is 1. The van der Waals surface area contributed by atoms with E-state index in [1.165, 1.54) is 122 Å². The molecule has 2 aliphatic rings. The number of anilines is 3. The first-order chi connectivity index (χ1) is 35.4. The van der Waals surface area contributed by atoms with Crippen LogP contribution in [0.15, 0.2) is 158 Å². The Balaban J connectivity index is 1.28. The molecule has 5 heteroatoms. The van der Waals surface area contributed by atoms with Gasteiger partial charge in [0.1, 0.15) is 5.82 Å². The van der Waals surface area contributed by atoms with Gasteiger partial charge in [0.05, 0.1) is 16.6 Å². The average molecular weight is 979 g/mol. The summed E-state index contributed by atoms with van der Waals surface area (Å²) in [6.07, 6.45) is 0. The molecule has 0 N–H and O–H groups in total. The Morgan fingerprint density at radius 3 is 1.39 bits per heavy atom. The molecule has 0 saturated heterocycles. The molecule has 4 nitrogen and oxygen atoms in total. The van der Waals surface area contributed by atoms with Gasteiger partial charge in [-0.25, -0.2) is 0 Å². The maximum Gasteiger partial charge on any atom is 0.335 e. The fourth-order valence-corrected chi connectivity index (χ4v) is 12.7. The highest BCUT2D eigenvalue weighted by molar-refractivity contribution is 6.91. The number of benzene rings is 8. The van der Waals surface area contributed by atoms with Crippen LogP contribution in [0, 0.1) is 0 Å². The zero-order chi connectivity index (χ0) is 52.6. The molecule has 75 heavy (non-hydrogen) atoms. The third-order valence-corrected chi connectivity index (χ3v) is 17.0. The molecule has 0 aliphatic carbocycles. The molecule has 0 unspecified atom stereocenters. The number of hydrogen-bond donors (Lipinski definition) is 0. The molecule has 0 radical (unpaired) electrons. The lowest BCUT2D eigenvalue weighted by atomic mass is 9.45. The van der Waals surface area contributed by atoms with Crippen LogP contribution in [0.4, 0.5) is 17.2 Å². The van der Waals surface area contributed by atoms with Crippen molar-refractivity contribution in [3.63, 3.8) is 0 Å². The van der Waals surface area contributed by atoms with Crippen LogP contribution in [0.3, 0.4) is 0 Å². The maximum atomic E-state index is 2.81. The first-order valence-corrected chi connectivity index (χ1v) is 27.4. The molecule has 11 aromatic rings. The summed E-state index contributed by atoms with van der Waals surface area (Å²) >= 11 is 0. The summed E-state index contributed by atoms with van der Waals surface area (Å²) in [5.74, 6) is 1.19. The molecule has 0 spiro atoms. The Bertz CT molecular complexity index is 4160. The van der Waals surface area contributed by atoms with Crippen LogP contribution in [-0.2, 0) is 27.1 Å². The average Bonchev–Trinajstić information content (AvgIpc) is 4.10. The maximum absolute atomic E-state index is 2.81. The van der Waals surface area contributed by atoms with Crippen LogP contribution >= 0.6 is 0 Å². The molecule has 5 heterocycles. The van der Waals surface area contributed by atoms with Crippen LogP contribution in [-0.4, -0.2) is 20.5 Å². The summed E-state index contributed by atoms with van der Waals surface area (Å²) in [6, 6.07) is 61.5. The van der Waals surface area contributed by atoms with Crippen LogP contribution in [0.5, 0.6) is 0 Å². The smallest absolute Gasteiger partial charge is 0.335 e. The van der Waals surface area contributed by atoms with Crippen molar-refractivity contribution in [3.8, 4) is 22.5 Å². The van der Waals surface area contributed by atoms with Gasteiger partial charge in [-0.15, -0.1) is 0 Å². The molecule has 3 aromatic heterocycles. The zero-order valence-electron chi connectivity index (χ0n) is 46.9. The predicted molar refractivity (Wildman–Crippen MR) is 325 cm³/mol. The quantitative estimate of drug-likeness (QED) is 0.161. The van der Waals surface area contributed by atoms with Crippen molar-refractivity contribution in [2.45, 2.75) is 131 Å². The zero-order valence-corrected chi connectivity index (χ0v) is 46.9. The summed E-state index contributed by atoms with van der Waals surface area (Å²) in [5, 5.41) is 6.48. The first kappa shape index (κ1) is 47.5. The largest absolute Gasteiger partial charge is 0.375 e. The third-order valence-electron chi connectivity index (χ3n) is 17.0. The molecule has 8 aromatic carbocycles. The lowest BCUT2D eigenvalue weighted by Gasteiger charge is -2.41. The SMILES string of the molecule is CC(C)(C)c1ccc(N2c3cc(C(C)(C)C)cc4c3B(c3c2n(-c2ccccc2)c2ccc(C(C)(C)C)cc32)n2c3ccc5c6cc(C(C)(C)C)ccc6n(-c6ccccc6)c5c3c3cc(C(C)(C)C)cc-4c32)cc1. The molecule has 0 fully saturated rings. The third kappa shape index (κ3) is 7.02. The van der Waals surface area contributed by atoms with Crippen molar-refractivity contribution in [1.29, 1.82) is 0 Å². The van der Waals surface area contributed by atoms with Crippen molar-refractivity contribution >= 4 is 89.5 Å². The van der Waals surface area contributed by atoms with Gasteiger partial charge in [-0.3, -0.25) is 9.47 Å². The van der Waals surface area contributed by atoms with Crippen molar-refractivity contribution in [2.24, 2.45) is 0 Å². The van der Waals surface area contributed by atoms with Crippen LogP contribution in [0.1, 0.15) is 132 Å². The highest BCUT2D eigenvalue weighted by Gasteiger charge is 2.47. The summed E-state index contributed by atoms with van der Waals surface area (Å²) < 4.78 is 7.97. The van der Waals surface area contributed by atoms with E-state index in [0.717, 1.165) is 11.4 Å². The van der Waals surface area contributed by atoms with E-state index in [2.05, 4.69) is 280 Å². The second kappa shape index (κ2) is 15.7. The number of para-hydroxylation sites is 2. The summed E-state index contributed by atoms with van der Waals surface area (Å²) in [5.41, 5.74) is 22.6. The van der Waals surface area contributed by atoms with E-state index in [-0.39, 0.29) is 33.9 Å². The number of aromatic nitrogens is 3. The van der Waals surface area contributed by atoms with E-state index in [1.807, 2.05) is 0 Å². The molecule has 0 bridgehead atoms. The monoisotopic (exact) mass is 979 g/mol. The van der Waals surface area contributed by atoms with E-state index in [4.69, 9.17) is 0 Å². The van der Waals surface area contributed by atoms with E-state index in [0.29, 0.717) is 0 Å². The highest BCUT2D eigenvalue weighted by Crippen LogP contribution is 2.52. The van der Waals surface area contributed by atoms with E-state index >= 15 is 0 Å². The van der Waals surface area contributed by atoms with Crippen molar-refractivity contribution in [1.82, 2.24) is 13.6 Å². The summed E-state index contributed by atoms with van der Waals surface area (Å²) in [4.78, 5) is 2.65. The Morgan fingerprint density at radius 2 is 0.813 bits per heavy atom. The van der Waals surface area contributed by atoms with Crippen LogP contribution in [0.2, 0.25) is 0 Å². The molecule has 374 valence electrons. The van der Waals surface area contributed by atoms with Gasteiger partial charge in [0.2, 0.25) is 0 Å². The van der Waals surface area contributed by atoms with Gasteiger partial charge in [-0.05, 0) is 156 Å². The topological polar surface area (TPSA) is 18.0 Å². The fraction of sp³-hybridized carbons (Fsp3) is 0.286. The lowest BCUT2D eigenvalue weighted by molar-refractivity contribution is 0.589. The van der Waals surface area contributed by atoms with Crippen molar-refractivity contribution < 1.29 is 0 Å². The van der Waals surface area contributed by atoms with Gasteiger partial charge in [-0.1, -0.05) is 177 Å². The number of fused-ring (bicyclic) bond motifs is 13. The van der Waals surface area contributed by atoms with Crippen molar-refractivity contribution in [2.75, 3.05) is 4.90 Å². The standard InChI is InChI=1S/C70H71BN4/c1-66(2,3)42-26-30-49(31-27-42)74-59-41-46(70(13,14)15)38-52-53-39-45(69(10,11)12)40-55-60-58(35-32-50-51-36-43(67(4,5)6)28-33-56(51)72(64(50)60)47-22-18-16-19-23-47)75(63(53)55)71(61(52)59)62-54-37-44(68(7,8)9)29-34-57(54)73(65(62)74)48-24-20-17-21-25-48/h16-41H,1-15H3. The van der Waals surface area contributed by atoms with E-state index < -0.39 is 0 Å². The Morgan fingerprint density at radius 1 is 0.333 bits per heavy atom. The Kier molecular flexibility index (Phi) is 9.92. The van der Waals surface area contributed by atoms with Crippen LogP contribution in [0.25, 0.3) is 77.0 Å². The van der Waals surface area contributed by atoms with Gasteiger partial charge in [0, 0.05) is 66.4 Å². The first-order valence-electron chi connectivity index (χ1n) is 27.4. The summed E-state index contributed by atoms with van der Waals surface area (Å²) in [7, 11) is 0. The fourth-order valence-electron chi connectivity index (χ4n) is 12.7. The van der Waals surface area contributed by atoms with Crippen LogP contribution < -0.4 is 15.8 Å². The second-order valence-electron chi connectivity index (χ2n) is 27.2. The van der Waals surface area contributed by atoms with Gasteiger partial charge in [0.15, 0.2) is 0 Å². The van der Waals surface area contributed by atoms with Gasteiger partial charge in [-0.2, -0.15) is 0 Å². The van der Waals surface area contributed by atoms with E-state index in [9.17, 15) is 0 Å². The summed E-state index contributed by atoms with van der Waals surface area (Å²) in [6.45, 7) is 35.2. The predicted octanol–water partition coefficient (Wildman–Crippen LogP) is 17.7. The minimum Gasteiger partial charge on any atom is -0.375 e. The molecule has 0 amide bonds. The van der Waals surface area contributed by atoms with Crippen molar-refractivity contribution in [3.05, 3.63) is 186 Å². The molecule has 2 aliphatic heterocycles. The molecule has 13 rings (SSSR count). The van der Waals surface area contributed by atoms with E-state index in [1.54, 1.807) is 0 Å². The Labute approximate surface area is 444 Å². The Hall–Kier alpha value is -7.24. The molecular weight excluding hydrogens is 908 g/mol. The van der Waals surface area contributed by atoms with Gasteiger partial charge in [0.25, 0.3) is 0 Å². The second-order valence-corrected chi connectivity index (χ2v) is 27.2. The van der Waals surface area contributed by atoms with Gasteiger partial charge < -0.3 is 9.05 Å². The molecule has 0 atom stereocenters. The number of nitrogens with zero attached hydrogens (tertiary/aromatic N) is 4. The number of rotatable bonds is 3. The molecule has 0 saturated carbocycles. The normalized spacial score (nSPS) is 14.0. The molecular formula is C70H71BN4. The van der Waals surface area contributed by atoms with Gasteiger partial charge >= 0.3 is 6.85 Å².